The fraction of sp³-hybridized carbons (Fsp3) is 0.238. The zero-order chi connectivity index (χ0) is 20.8. The molecule has 0 radical (unpaired) electrons. The number of nitrogens with zero attached hydrogens (tertiary/aromatic N) is 3. The fourth-order valence-electron chi connectivity index (χ4n) is 2.72. The quantitative estimate of drug-likeness (QED) is 0.619. The van der Waals surface area contributed by atoms with Crippen LogP contribution in [0.5, 0.6) is 5.75 Å². The molecule has 150 valence electrons. The summed E-state index contributed by atoms with van der Waals surface area (Å²) >= 11 is 0. The average Bonchev–Trinajstić information content (AvgIpc) is 2.70. The molecule has 0 unspecified atom stereocenters. The number of halogens is 1. The molecule has 0 fully saturated rings. The van der Waals surface area contributed by atoms with Crippen LogP contribution in [0.15, 0.2) is 53.7 Å². The number of ether oxygens (including phenoxy) is 1. The lowest BCUT2D eigenvalue weighted by atomic mass is 10.1. The summed E-state index contributed by atoms with van der Waals surface area (Å²) in [4.78, 5) is 33.7. The summed E-state index contributed by atoms with van der Waals surface area (Å²) in [5.74, 6) is -0.868. The highest BCUT2D eigenvalue weighted by atomic mass is 19.1. The minimum atomic E-state index is -0.506. The Hall–Kier alpha value is -3.55. The van der Waals surface area contributed by atoms with E-state index in [0.717, 1.165) is 5.69 Å². The van der Waals surface area contributed by atoms with Gasteiger partial charge in [-0.05, 0) is 37.6 Å². The van der Waals surface area contributed by atoms with Crippen LogP contribution in [0.2, 0.25) is 0 Å². The molecule has 1 amide bonds. The van der Waals surface area contributed by atoms with Gasteiger partial charge in [0.25, 0.3) is 11.5 Å². The van der Waals surface area contributed by atoms with Crippen LogP contribution >= 0.6 is 0 Å². The largest absolute Gasteiger partial charge is 0.489 e. The van der Waals surface area contributed by atoms with Gasteiger partial charge < -0.3 is 14.6 Å². The Labute approximate surface area is 167 Å². The van der Waals surface area contributed by atoms with E-state index in [1.807, 2.05) is 6.92 Å². The lowest BCUT2D eigenvalue weighted by molar-refractivity contribution is 0.0944. The number of carbonyl (C=O) groups excluding carboxylic acids is 1. The first-order valence-electron chi connectivity index (χ1n) is 9.09. The maximum absolute atomic E-state index is 13.5. The molecule has 0 aliphatic rings. The molecule has 3 aromatic rings. The number of rotatable bonds is 7. The van der Waals surface area contributed by atoms with Crippen molar-refractivity contribution in [3.8, 4) is 5.75 Å². The number of aromatic nitrogens is 3. The molecule has 0 bridgehead atoms. The summed E-state index contributed by atoms with van der Waals surface area (Å²) in [6.45, 7) is 3.94. The molecule has 1 aromatic carbocycles. The van der Waals surface area contributed by atoms with E-state index in [1.165, 1.54) is 16.7 Å². The number of hydrogen-bond acceptors (Lipinski definition) is 5. The van der Waals surface area contributed by atoms with Gasteiger partial charge in [-0.25, -0.2) is 4.39 Å². The number of nitrogens with one attached hydrogen (secondary N) is 1. The molecule has 2 heterocycles. The van der Waals surface area contributed by atoms with Gasteiger partial charge in [0.15, 0.2) is 11.6 Å². The molecule has 3 rings (SSSR count). The first kappa shape index (κ1) is 20.2. The lowest BCUT2D eigenvalue weighted by Gasteiger charge is -2.12. The first-order chi connectivity index (χ1) is 14.0. The minimum absolute atomic E-state index is 0.0541. The van der Waals surface area contributed by atoms with Gasteiger partial charge >= 0.3 is 0 Å². The minimum Gasteiger partial charge on any atom is -0.489 e. The van der Waals surface area contributed by atoms with E-state index < -0.39 is 17.3 Å². The van der Waals surface area contributed by atoms with Crippen molar-refractivity contribution >= 4 is 5.91 Å². The monoisotopic (exact) mass is 396 g/mol. The molecule has 0 saturated heterocycles. The van der Waals surface area contributed by atoms with Crippen LogP contribution in [0.25, 0.3) is 0 Å². The van der Waals surface area contributed by atoms with Gasteiger partial charge in [-0.15, -0.1) is 0 Å². The Kier molecular flexibility index (Phi) is 6.33. The Morgan fingerprint density at radius 2 is 1.97 bits per heavy atom. The molecule has 7 nitrogen and oxygen atoms in total. The van der Waals surface area contributed by atoms with Crippen molar-refractivity contribution in [3.05, 3.63) is 87.6 Å². The van der Waals surface area contributed by atoms with Crippen molar-refractivity contribution in [3.63, 3.8) is 0 Å². The average molecular weight is 396 g/mol. The summed E-state index contributed by atoms with van der Waals surface area (Å²) in [5, 5.41) is 2.64. The number of hydrogen-bond donors (Lipinski definition) is 1. The van der Waals surface area contributed by atoms with Gasteiger partial charge in [-0.2, -0.15) is 0 Å². The molecular weight excluding hydrogens is 375 g/mol. The SMILES string of the molecule is Cc1cnc(Cn2ccc(C)c(C(=O)NCCOc3ccccc3F)c2=O)cn1. The van der Waals surface area contributed by atoms with E-state index >= 15 is 0 Å². The second-order valence-electron chi connectivity index (χ2n) is 6.49. The summed E-state index contributed by atoms with van der Waals surface area (Å²) in [7, 11) is 0. The Morgan fingerprint density at radius 1 is 1.17 bits per heavy atom. The molecule has 0 spiro atoms. The molecule has 2 aromatic heterocycles. The topological polar surface area (TPSA) is 86.1 Å². The lowest BCUT2D eigenvalue weighted by Crippen LogP contribution is -2.36. The van der Waals surface area contributed by atoms with Crippen molar-refractivity contribution in [1.29, 1.82) is 0 Å². The predicted molar refractivity (Wildman–Crippen MR) is 106 cm³/mol. The molecular formula is C21H21FN4O3. The van der Waals surface area contributed by atoms with Gasteiger partial charge in [0.2, 0.25) is 0 Å². The van der Waals surface area contributed by atoms with Crippen LogP contribution < -0.4 is 15.6 Å². The Morgan fingerprint density at radius 3 is 2.69 bits per heavy atom. The zero-order valence-electron chi connectivity index (χ0n) is 16.2. The van der Waals surface area contributed by atoms with Crippen LogP contribution in [0.1, 0.15) is 27.3 Å². The van der Waals surface area contributed by atoms with Crippen LogP contribution in [0.3, 0.4) is 0 Å². The maximum Gasteiger partial charge on any atom is 0.264 e. The van der Waals surface area contributed by atoms with E-state index in [4.69, 9.17) is 4.74 Å². The molecule has 1 N–H and O–H groups in total. The normalized spacial score (nSPS) is 10.6. The molecule has 8 heteroatoms. The number of aryl methyl sites for hydroxylation is 2. The van der Waals surface area contributed by atoms with E-state index in [-0.39, 0.29) is 31.0 Å². The highest BCUT2D eigenvalue weighted by Gasteiger charge is 2.16. The second-order valence-corrected chi connectivity index (χ2v) is 6.49. The van der Waals surface area contributed by atoms with Crippen molar-refractivity contribution < 1.29 is 13.9 Å². The van der Waals surface area contributed by atoms with Gasteiger partial charge in [0.05, 0.1) is 30.7 Å². The number of para-hydroxylation sites is 1. The number of carbonyl (C=O) groups is 1. The Balaban J connectivity index is 1.66. The van der Waals surface area contributed by atoms with Gasteiger partial charge in [-0.3, -0.25) is 19.6 Å². The third kappa shape index (κ3) is 5.04. The van der Waals surface area contributed by atoms with E-state index in [9.17, 15) is 14.0 Å². The molecule has 0 saturated carbocycles. The maximum atomic E-state index is 13.5. The van der Waals surface area contributed by atoms with Gasteiger partial charge in [-0.1, -0.05) is 12.1 Å². The molecule has 0 aliphatic carbocycles. The number of amides is 1. The molecule has 29 heavy (non-hydrogen) atoms. The van der Waals surface area contributed by atoms with Crippen LogP contribution in [-0.2, 0) is 6.54 Å². The van der Waals surface area contributed by atoms with Crippen LogP contribution in [0.4, 0.5) is 4.39 Å². The van der Waals surface area contributed by atoms with E-state index in [2.05, 4.69) is 15.3 Å². The van der Waals surface area contributed by atoms with Crippen LogP contribution in [0, 0.1) is 19.7 Å². The van der Waals surface area contributed by atoms with E-state index in [0.29, 0.717) is 11.3 Å². The zero-order valence-corrected chi connectivity index (χ0v) is 16.2. The smallest absolute Gasteiger partial charge is 0.264 e. The van der Waals surface area contributed by atoms with Crippen LogP contribution in [-0.4, -0.2) is 33.6 Å². The molecule has 0 atom stereocenters. The van der Waals surface area contributed by atoms with Crippen molar-refractivity contribution in [2.45, 2.75) is 20.4 Å². The summed E-state index contributed by atoms with van der Waals surface area (Å²) in [6.07, 6.45) is 4.84. The summed E-state index contributed by atoms with van der Waals surface area (Å²) in [5.41, 5.74) is 1.60. The predicted octanol–water partition coefficient (Wildman–Crippen LogP) is 2.25. The van der Waals surface area contributed by atoms with Crippen molar-refractivity contribution in [2.75, 3.05) is 13.2 Å². The fourth-order valence-corrected chi connectivity index (χ4v) is 2.72. The summed E-state index contributed by atoms with van der Waals surface area (Å²) in [6, 6.07) is 7.72. The highest BCUT2D eigenvalue weighted by molar-refractivity contribution is 5.95. The van der Waals surface area contributed by atoms with Crippen molar-refractivity contribution in [1.82, 2.24) is 19.9 Å². The van der Waals surface area contributed by atoms with Crippen molar-refractivity contribution in [2.24, 2.45) is 0 Å². The standard InChI is InChI=1S/C21H21FN4O3/c1-14-7-9-26(13-16-12-24-15(2)11-25-16)21(28)19(14)20(27)23-8-10-29-18-6-4-3-5-17(18)22/h3-7,9,11-12H,8,10,13H2,1-2H3,(H,23,27). The third-order valence-corrected chi connectivity index (χ3v) is 4.25. The van der Waals surface area contributed by atoms with Gasteiger partial charge in [0, 0.05) is 12.4 Å². The van der Waals surface area contributed by atoms with Gasteiger partial charge in [0.1, 0.15) is 12.2 Å². The number of pyridine rings is 1. The first-order valence-corrected chi connectivity index (χ1v) is 9.09. The number of benzene rings is 1. The third-order valence-electron chi connectivity index (χ3n) is 4.25. The summed E-state index contributed by atoms with van der Waals surface area (Å²) < 4.78 is 20.2. The second kappa shape index (κ2) is 9.09. The molecule has 0 aliphatic heterocycles. The Bertz CT molecular complexity index is 1060. The highest BCUT2D eigenvalue weighted by Crippen LogP contribution is 2.14. The van der Waals surface area contributed by atoms with E-state index in [1.54, 1.807) is 43.7 Å².